The van der Waals surface area contributed by atoms with E-state index in [-0.39, 0.29) is 0 Å². The Morgan fingerprint density at radius 1 is 1.26 bits per heavy atom. The lowest BCUT2D eigenvalue weighted by Gasteiger charge is -2.31. The Hall–Kier alpha value is -2.30. The van der Waals surface area contributed by atoms with Crippen molar-refractivity contribution in [1.29, 1.82) is 0 Å². The number of aromatic nitrogens is 2. The molecule has 0 bridgehead atoms. The number of nitrogens with one attached hydrogen (secondary N) is 1. The second-order valence-electron chi connectivity index (χ2n) is 6.13. The van der Waals surface area contributed by atoms with Crippen molar-refractivity contribution >= 4 is 11.8 Å². The fourth-order valence-electron chi connectivity index (χ4n) is 2.93. The molecular formula is C18H24N4O. The lowest BCUT2D eigenvalue weighted by molar-refractivity contribution is 0.414. The van der Waals surface area contributed by atoms with Gasteiger partial charge in [0.05, 0.1) is 7.11 Å². The molecule has 1 N–H and O–H groups in total. The average Bonchev–Trinajstić information content (AvgIpc) is 2.61. The Morgan fingerprint density at radius 3 is 2.83 bits per heavy atom. The first-order valence-electron chi connectivity index (χ1n) is 8.19. The monoisotopic (exact) mass is 312 g/mol. The molecule has 122 valence electrons. The second kappa shape index (κ2) is 7.31. The smallest absolute Gasteiger partial charge is 0.224 e. The van der Waals surface area contributed by atoms with Crippen LogP contribution in [0.15, 0.2) is 36.5 Å². The van der Waals surface area contributed by atoms with E-state index in [0.29, 0.717) is 12.5 Å². The van der Waals surface area contributed by atoms with E-state index in [9.17, 15) is 0 Å². The number of nitrogens with zero attached hydrogens (tertiary/aromatic N) is 3. The molecule has 0 radical (unpaired) electrons. The summed E-state index contributed by atoms with van der Waals surface area (Å²) in [6.45, 7) is 5.16. The van der Waals surface area contributed by atoms with Gasteiger partial charge in [-0.05, 0) is 42.5 Å². The highest BCUT2D eigenvalue weighted by atomic mass is 16.5. The van der Waals surface area contributed by atoms with Gasteiger partial charge in [-0.25, -0.2) is 4.98 Å². The van der Waals surface area contributed by atoms with Crippen molar-refractivity contribution in [3.8, 4) is 5.75 Å². The van der Waals surface area contributed by atoms with Crippen molar-refractivity contribution in [3.63, 3.8) is 0 Å². The van der Waals surface area contributed by atoms with Crippen LogP contribution < -0.4 is 15.0 Å². The summed E-state index contributed by atoms with van der Waals surface area (Å²) < 4.78 is 5.17. The Bertz CT molecular complexity index is 629. The molecule has 1 aliphatic rings. The number of piperidine rings is 1. The van der Waals surface area contributed by atoms with Gasteiger partial charge >= 0.3 is 0 Å². The van der Waals surface area contributed by atoms with Crippen LogP contribution in [-0.4, -0.2) is 30.2 Å². The number of hydrogen-bond acceptors (Lipinski definition) is 5. The summed E-state index contributed by atoms with van der Waals surface area (Å²) in [5.74, 6) is 3.29. The summed E-state index contributed by atoms with van der Waals surface area (Å²) in [5.41, 5.74) is 1.17. The third-order valence-electron chi connectivity index (χ3n) is 4.23. The fraction of sp³-hybridized carbons (Fsp3) is 0.444. The predicted molar refractivity (Wildman–Crippen MR) is 93.0 cm³/mol. The van der Waals surface area contributed by atoms with E-state index in [4.69, 9.17) is 4.74 Å². The highest BCUT2D eigenvalue weighted by Gasteiger charge is 2.17. The van der Waals surface area contributed by atoms with Crippen LogP contribution in [-0.2, 0) is 6.54 Å². The van der Waals surface area contributed by atoms with Crippen molar-refractivity contribution < 1.29 is 4.74 Å². The minimum atomic E-state index is 0.677. The van der Waals surface area contributed by atoms with Crippen molar-refractivity contribution in [2.75, 3.05) is 30.4 Å². The lowest BCUT2D eigenvalue weighted by Crippen LogP contribution is -2.34. The standard InChI is InChI=1S/C18H24N4O/c1-14-4-3-11-22(13-14)17-9-10-19-18(21-17)20-12-15-5-7-16(23-2)8-6-15/h5-10,14H,3-4,11-13H2,1-2H3,(H,19,20,21). The van der Waals surface area contributed by atoms with E-state index in [1.165, 1.54) is 18.4 Å². The normalized spacial score (nSPS) is 17.8. The molecule has 0 spiro atoms. The van der Waals surface area contributed by atoms with Gasteiger partial charge in [-0.1, -0.05) is 19.1 Å². The molecule has 23 heavy (non-hydrogen) atoms. The quantitative estimate of drug-likeness (QED) is 0.917. The highest BCUT2D eigenvalue weighted by Crippen LogP contribution is 2.21. The van der Waals surface area contributed by atoms with Crippen LogP contribution in [0.1, 0.15) is 25.3 Å². The molecule has 1 saturated heterocycles. The van der Waals surface area contributed by atoms with Crippen molar-refractivity contribution in [1.82, 2.24) is 9.97 Å². The molecule has 1 aromatic carbocycles. The maximum absolute atomic E-state index is 5.17. The summed E-state index contributed by atoms with van der Waals surface area (Å²) in [6, 6.07) is 10.0. The zero-order valence-electron chi connectivity index (χ0n) is 13.8. The molecule has 2 heterocycles. The topological polar surface area (TPSA) is 50.3 Å². The molecule has 1 fully saturated rings. The van der Waals surface area contributed by atoms with Crippen LogP contribution in [0.3, 0.4) is 0 Å². The van der Waals surface area contributed by atoms with Gasteiger partial charge in [-0.15, -0.1) is 0 Å². The largest absolute Gasteiger partial charge is 0.497 e. The van der Waals surface area contributed by atoms with Crippen LogP contribution >= 0.6 is 0 Å². The van der Waals surface area contributed by atoms with E-state index >= 15 is 0 Å². The number of hydrogen-bond donors (Lipinski definition) is 1. The Morgan fingerprint density at radius 2 is 2.09 bits per heavy atom. The Balaban J connectivity index is 1.62. The van der Waals surface area contributed by atoms with E-state index in [1.807, 2.05) is 36.5 Å². The lowest BCUT2D eigenvalue weighted by atomic mass is 10.0. The number of benzene rings is 1. The molecule has 0 amide bonds. The zero-order valence-corrected chi connectivity index (χ0v) is 13.8. The molecule has 1 aliphatic heterocycles. The van der Waals surface area contributed by atoms with Crippen molar-refractivity contribution in [2.45, 2.75) is 26.3 Å². The number of anilines is 2. The van der Waals surface area contributed by atoms with Crippen LogP contribution in [0.4, 0.5) is 11.8 Å². The molecule has 1 atom stereocenters. The summed E-state index contributed by atoms with van der Waals surface area (Å²) in [4.78, 5) is 11.3. The molecule has 5 nitrogen and oxygen atoms in total. The summed E-state index contributed by atoms with van der Waals surface area (Å²) >= 11 is 0. The minimum absolute atomic E-state index is 0.677. The molecule has 5 heteroatoms. The Kier molecular flexibility index (Phi) is 4.95. The van der Waals surface area contributed by atoms with Gasteiger partial charge in [0.2, 0.25) is 5.95 Å². The fourth-order valence-corrected chi connectivity index (χ4v) is 2.93. The average molecular weight is 312 g/mol. The van der Waals surface area contributed by atoms with Gasteiger partial charge in [0.25, 0.3) is 0 Å². The van der Waals surface area contributed by atoms with Gasteiger partial charge in [-0.2, -0.15) is 4.98 Å². The van der Waals surface area contributed by atoms with Gasteiger partial charge in [0.1, 0.15) is 11.6 Å². The number of ether oxygens (including phenoxy) is 1. The third kappa shape index (κ3) is 4.12. The molecule has 1 unspecified atom stereocenters. The molecule has 0 aliphatic carbocycles. The van der Waals surface area contributed by atoms with Crippen LogP contribution in [0, 0.1) is 5.92 Å². The maximum Gasteiger partial charge on any atom is 0.224 e. The highest BCUT2D eigenvalue weighted by molar-refractivity contribution is 5.43. The van der Waals surface area contributed by atoms with Gasteiger partial charge in [-0.3, -0.25) is 0 Å². The van der Waals surface area contributed by atoms with Gasteiger partial charge < -0.3 is 15.0 Å². The number of rotatable bonds is 5. The first-order valence-corrected chi connectivity index (χ1v) is 8.19. The SMILES string of the molecule is COc1ccc(CNc2nccc(N3CCCC(C)C3)n2)cc1. The Labute approximate surface area is 137 Å². The van der Waals surface area contributed by atoms with Crippen LogP contribution in [0.25, 0.3) is 0 Å². The molecular weight excluding hydrogens is 288 g/mol. The van der Waals surface area contributed by atoms with E-state index in [2.05, 4.69) is 27.1 Å². The molecule has 1 aromatic heterocycles. The predicted octanol–water partition coefficient (Wildman–Crippen LogP) is 3.33. The number of methoxy groups -OCH3 is 1. The van der Waals surface area contributed by atoms with E-state index in [1.54, 1.807) is 7.11 Å². The molecule has 3 rings (SSSR count). The first kappa shape index (κ1) is 15.6. The van der Waals surface area contributed by atoms with Crippen molar-refractivity contribution in [2.24, 2.45) is 5.92 Å². The second-order valence-corrected chi connectivity index (χ2v) is 6.13. The molecule has 2 aromatic rings. The summed E-state index contributed by atoms with van der Waals surface area (Å²) in [5, 5.41) is 3.30. The first-order chi connectivity index (χ1) is 11.2. The van der Waals surface area contributed by atoms with Gasteiger partial charge in [0, 0.05) is 25.8 Å². The zero-order chi connectivity index (χ0) is 16.1. The third-order valence-corrected chi connectivity index (χ3v) is 4.23. The summed E-state index contributed by atoms with van der Waals surface area (Å²) in [7, 11) is 1.67. The summed E-state index contributed by atoms with van der Waals surface area (Å²) in [6.07, 6.45) is 4.38. The van der Waals surface area contributed by atoms with Gasteiger partial charge in [0.15, 0.2) is 0 Å². The van der Waals surface area contributed by atoms with Crippen LogP contribution in [0.5, 0.6) is 5.75 Å². The van der Waals surface area contributed by atoms with Crippen LogP contribution in [0.2, 0.25) is 0 Å². The van der Waals surface area contributed by atoms with Crippen molar-refractivity contribution in [3.05, 3.63) is 42.1 Å². The van der Waals surface area contributed by atoms with E-state index < -0.39 is 0 Å². The molecule has 0 saturated carbocycles. The maximum atomic E-state index is 5.17. The van der Waals surface area contributed by atoms with E-state index in [0.717, 1.165) is 30.6 Å². The minimum Gasteiger partial charge on any atom is -0.497 e.